The summed E-state index contributed by atoms with van der Waals surface area (Å²) in [4.78, 5) is 4.15. The van der Waals surface area contributed by atoms with Crippen LogP contribution in [0.5, 0.6) is 0 Å². The van der Waals surface area contributed by atoms with Crippen molar-refractivity contribution in [1.29, 1.82) is 0 Å². The van der Waals surface area contributed by atoms with Crippen molar-refractivity contribution < 1.29 is 8.81 Å². The van der Waals surface area contributed by atoms with Crippen molar-refractivity contribution in [2.75, 3.05) is 6.54 Å². The van der Waals surface area contributed by atoms with E-state index in [-0.39, 0.29) is 11.4 Å². The predicted octanol–water partition coefficient (Wildman–Crippen LogP) is 1.86. The molecule has 0 fully saturated rings. The standard InChI is InChI=1S/C10H11FN2O/c11-7-3-1-4-8-10(7)14-9(13-8)5-2-6-12/h1,3-4H,2,5-6,12H2. The summed E-state index contributed by atoms with van der Waals surface area (Å²) in [6.07, 6.45) is 1.46. The van der Waals surface area contributed by atoms with E-state index >= 15 is 0 Å². The van der Waals surface area contributed by atoms with Gasteiger partial charge >= 0.3 is 0 Å². The van der Waals surface area contributed by atoms with Gasteiger partial charge < -0.3 is 10.2 Å². The van der Waals surface area contributed by atoms with Gasteiger partial charge in [-0.1, -0.05) is 6.07 Å². The molecule has 0 spiro atoms. The highest BCUT2D eigenvalue weighted by Gasteiger charge is 2.08. The third-order valence-electron chi connectivity index (χ3n) is 2.01. The van der Waals surface area contributed by atoms with Gasteiger partial charge in [0.15, 0.2) is 17.3 Å². The second-order valence-electron chi connectivity index (χ2n) is 3.09. The lowest BCUT2D eigenvalue weighted by Crippen LogP contribution is -2.00. The van der Waals surface area contributed by atoms with E-state index in [1.807, 2.05) is 0 Å². The van der Waals surface area contributed by atoms with Gasteiger partial charge in [0, 0.05) is 6.42 Å². The molecule has 0 saturated heterocycles. The van der Waals surface area contributed by atoms with E-state index in [9.17, 15) is 4.39 Å². The number of oxazole rings is 1. The molecular formula is C10H11FN2O. The van der Waals surface area contributed by atoms with E-state index in [1.54, 1.807) is 12.1 Å². The second kappa shape index (κ2) is 3.75. The lowest BCUT2D eigenvalue weighted by molar-refractivity contribution is 0.500. The lowest BCUT2D eigenvalue weighted by Gasteiger charge is -1.90. The molecule has 2 aromatic rings. The second-order valence-corrected chi connectivity index (χ2v) is 3.09. The van der Waals surface area contributed by atoms with Gasteiger partial charge in [0.05, 0.1) is 0 Å². The van der Waals surface area contributed by atoms with Crippen LogP contribution in [-0.2, 0) is 6.42 Å². The molecule has 0 aliphatic rings. The fourth-order valence-corrected chi connectivity index (χ4v) is 1.32. The van der Waals surface area contributed by atoms with Crippen molar-refractivity contribution >= 4 is 11.1 Å². The summed E-state index contributed by atoms with van der Waals surface area (Å²) in [5.41, 5.74) is 6.16. The van der Waals surface area contributed by atoms with E-state index in [2.05, 4.69) is 4.98 Å². The molecule has 74 valence electrons. The number of nitrogens with two attached hydrogens (primary N) is 1. The van der Waals surface area contributed by atoms with Crippen molar-refractivity contribution in [2.45, 2.75) is 12.8 Å². The van der Waals surface area contributed by atoms with Gasteiger partial charge in [-0.15, -0.1) is 0 Å². The molecule has 0 aliphatic heterocycles. The summed E-state index contributed by atoms with van der Waals surface area (Å²) >= 11 is 0. The molecule has 1 aromatic carbocycles. The zero-order valence-electron chi connectivity index (χ0n) is 7.66. The SMILES string of the molecule is NCCCc1nc2cccc(F)c2o1. The average molecular weight is 194 g/mol. The number of hydrogen-bond acceptors (Lipinski definition) is 3. The topological polar surface area (TPSA) is 52.0 Å². The van der Waals surface area contributed by atoms with Crippen LogP contribution in [0.1, 0.15) is 12.3 Å². The number of aromatic nitrogens is 1. The quantitative estimate of drug-likeness (QED) is 0.811. The van der Waals surface area contributed by atoms with Gasteiger partial charge in [0.2, 0.25) is 0 Å². The maximum atomic E-state index is 13.2. The normalized spacial score (nSPS) is 11.0. The first-order valence-corrected chi connectivity index (χ1v) is 4.55. The van der Waals surface area contributed by atoms with Crippen LogP contribution in [0, 0.1) is 5.82 Å². The summed E-state index contributed by atoms with van der Waals surface area (Å²) < 4.78 is 18.4. The largest absolute Gasteiger partial charge is 0.438 e. The van der Waals surface area contributed by atoms with E-state index < -0.39 is 0 Å². The maximum absolute atomic E-state index is 13.2. The summed E-state index contributed by atoms with van der Waals surface area (Å²) in [6.45, 7) is 0.585. The fourth-order valence-electron chi connectivity index (χ4n) is 1.32. The number of halogens is 1. The Morgan fingerprint density at radius 3 is 3.00 bits per heavy atom. The highest BCUT2D eigenvalue weighted by molar-refractivity contribution is 5.72. The molecular weight excluding hydrogens is 183 g/mol. The molecule has 1 heterocycles. The van der Waals surface area contributed by atoms with E-state index in [4.69, 9.17) is 10.2 Å². The number of fused-ring (bicyclic) bond motifs is 1. The van der Waals surface area contributed by atoms with Gasteiger partial charge in [0.1, 0.15) is 5.52 Å². The fraction of sp³-hybridized carbons (Fsp3) is 0.300. The minimum Gasteiger partial charge on any atom is -0.438 e. The maximum Gasteiger partial charge on any atom is 0.195 e. The van der Waals surface area contributed by atoms with Crippen LogP contribution in [0.3, 0.4) is 0 Å². The monoisotopic (exact) mass is 194 g/mol. The Kier molecular flexibility index (Phi) is 2.45. The number of benzene rings is 1. The van der Waals surface area contributed by atoms with E-state index in [0.29, 0.717) is 24.4 Å². The molecule has 2 rings (SSSR count). The van der Waals surface area contributed by atoms with Crippen LogP contribution in [0.2, 0.25) is 0 Å². The summed E-state index contributed by atoms with van der Waals surface area (Å²) in [5.74, 6) is 0.185. The van der Waals surface area contributed by atoms with Crippen LogP contribution in [0.4, 0.5) is 4.39 Å². The molecule has 0 unspecified atom stereocenters. The number of nitrogens with zero attached hydrogens (tertiary/aromatic N) is 1. The third kappa shape index (κ3) is 1.61. The Hall–Kier alpha value is -1.42. The number of aryl methyl sites for hydroxylation is 1. The van der Waals surface area contributed by atoms with Gasteiger partial charge in [0.25, 0.3) is 0 Å². The van der Waals surface area contributed by atoms with Crippen molar-refractivity contribution in [1.82, 2.24) is 4.98 Å². The summed E-state index contributed by atoms with van der Waals surface area (Å²) in [7, 11) is 0. The van der Waals surface area contributed by atoms with Gasteiger partial charge in [-0.05, 0) is 25.1 Å². The molecule has 0 atom stereocenters. The van der Waals surface area contributed by atoms with Crippen LogP contribution in [-0.4, -0.2) is 11.5 Å². The molecule has 0 radical (unpaired) electrons. The van der Waals surface area contributed by atoms with Gasteiger partial charge in [-0.3, -0.25) is 0 Å². The molecule has 14 heavy (non-hydrogen) atoms. The van der Waals surface area contributed by atoms with Crippen molar-refractivity contribution in [3.63, 3.8) is 0 Å². The zero-order chi connectivity index (χ0) is 9.97. The first-order chi connectivity index (χ1) is 6.81. The highest BCUT2D eigenvalue weighted by Crippen LogP contribution is 2.19. The van der Waals surface area contributed by atoms with E-state index in [1.165, 1.54) is 6.07 Å². The van der Waals surface area contributed by atoms with Crippen molar-refractivity contribution in [3.05, 3.63) is 29.9 Å². The van der Waals surface area contributed by atoms with Gasteiger partial charge in [-0.2, -0.15) is 0 Å². The molecule has 1 aromatic heterocycles. The predicted molar refractivity (Wildman–Crippen MR) is 51.3 cm³/mol. The third-order valence-corrected chi connectivity index (χ3v) is 2.01. The molecule has 2 N–H and O–H groups in total. The first-order valence-electron chi connectivity index (χ1n) is 4.55. The molecule has 0 saturated carbocycles. The Labute approximate surface area is 80.7 Å². The number of rotatable bonds is 3. The Morgan fingerprint density at radius 1 is 1.43 bits per heavy atom. The molecule has 3 nitrogen and oxygen atoms in total. The van der Waals surface area contributed by atoms with Crippen LogP contribution < -0.4 is 5.73 Å². The molecule has 4 heteroatoms. The van der Waals surface area contributed by atoms with Crippen LogP contribution >= 0.6 is 0 Å². The number of hydrogen-bond donors (Lipinski definition) is 1. The Bertz CT molecular complexity index is 439. The summed E-state index contributed by atoms with van der Waals surface area (Å²) in [6, 6.07) is 4.71. The van der Waals surface area contributed by atoms with Gasteiger partial charge in [-0.25, -0.2) is 9.37 Å². The summed E-state index contributed by atoms with van der Waals surface area (Å²) in [5, 5.41) is 0. The first kappa shape index (κ1) is 9.15. The molecule has 0 bridgehead atoms. The molecule has 0 aliphatic carbocycles. The van der Waals surface area contributed by atoms with Crippen molar-refractivity contribution in [3.8, 4) is 0 Å². The van der Waals surface area contributed by atoms with E-state index in [0.717, 1.165) is 6.42 Å². The lowest BCUT2D eigenvalue weighted by atomic mass is 10.3. The van der Waals surface area contributed by atoms with Crippen LogP contribution in [0.15, 0.2) is 22.6 Å². The smallest absolute Gasteiger partial charge is 0.195 e. The minimum absolute atomic E-state index is 0.236. The zero-order valence-corrected chi connectivity index (χ0v) is 7.66. The average Bonchev–Trinajstić information content (AvgIpc) is 2.59. The van der Waals surface area contributed by atoms with Crippen molar-refractivity contribution in [2.24, 2.45) is 5.73 Å². The minimum atomic E-state index is -0.367. The Morgan fingerprint density at radius 2 is 2.29 bits per heavy atom. The number of para-hydroxylation sites is 1. The van der Waals surface area contributed by atoms with Crippen LogP contribution in [0.25, 0.3) is 11.1 Å². The molecule has 0 amide bonds. The highest BCUT2D eigenvalue weighted by atomic mass is 19.1. The Balaban J connectivity index is 2.36.